The van der Waals surface area contributed by atoms with Gasteiger partial charge in [-0.25, -0.2) is 0 Å². The molecule has 1 saturated heterocycles. The van der Waals surface area contributed by atoms with E-state index in [1.807, 2.05) is 18.2 Å². The SMILES string of the molecule is COc1ccc(Cl)cc1CC(=S)N1CCOCC1. The van der Waals surface area contributed by atoms with Crippen LogP contribution in [-0.2, 0) is 11.2 Å². The summed E-state index contributed by atoms with van der Waals surface area (Å²) in [6.45, 7) is 3.21. The van der Waals surface area contributed by atoms with Crippen LogP contribution in [-0.4, -0.2) is 43.3 Å². The lowest BCUT2D eigenvalue weighted by Gasteiger charge is -2.29. The van der Waals surface area contributed by atoms with E-state index >= 15 is 0 Å². The van der Waals surface area contributed by atoms with Crippen LogP contribution in [0.4, 0.5) is 0 Å². The van der Waals surface area contributed by atoms with Crippen LogP contribution in [0.25, 0.3) is 0 Å². The predicted octanol–water partition coefficient (Wildman–Crippen LogP) is 2.55. The van der Waals surface area contributed by atoms with Gasteiger partial charge in [0.2, 0.25) is 0 Å². The summed E-state index contributed by atoms with van der Waals surface area (Å²) in [6.07, 6.45) is 0.680. The highest BCUT2D eigenvalue weighted by molar-refractivity contribution is 7.80. The van der Waals surface area contributed by atoms with Crippen LogP contribution in [0.2, 0.25) is 5.02 Å². The Hall–Kier alpha value is -0.840. The second-order valence-corrected chi connectivity index (χ2v) is 5.03. The summed E-state index contributed by atoms with van der Waals surface area (Å²) in [5, 5.41) is 0.704. The van der Waals surface area contributed by atoms with Gasteiger partial charge in [0, 0.05) is 30.1 Å². The van der Waals surface area contributed by atoms with E-state index in [9.17, 15) is 0 Å². The summed E-state index contributed by atoms with van der Waals surface area (Å²) in [4.78, 5) is 3.10. The summed E-state index contributed by atoms with van der Waals surface area (Å²) in [5.41, 5.74) is 1.03. The van der Waals surface area contributed by atoms with Gasteiger partial charge in [-0.1, -0.05) is 23.8 Å². The van der Waals surface area contributed by atoms with E-state index in [4.69, 9.17) is 33.3 Å². The van der Waals surface area contributed by atoms with Gasteiger partial charge in [-0.3, -0.25) is 0 Å². The lowest BCUT2D eigenvalue weighted by Crippen LogP contribution is -2.40. The van der Waals surface area contributed by atoms with Crippen molar-refractivity contribution in [2.75, 3.05) is 33.4 Å². The number of thiocarbonyl (C=S) groups is 1. The molecule has 0 radical (unpaired) electrons. The van der Waals surface area contributed by atoms with Crippen molar-refractivity contribution in [3.63, 3.8) is 0 Å². The van der Waals surface area contributed by atoms with E-state index in [0.717, 1.165) is 42.6 Å². The number of benzene rings is 1. The van der Waals surface area contributed by atoms with E-state index in [1.54, 1.807) is 7.11 Å². The average Bonchev–Trinajstić information content (AvgIpc) is 2.40. The zero-order valence-corrected chi connectivity index (χ0v) is 11.9. The van der Waals surface area contributed by atoms with Crippen LogP contribution in [0.15, 0.2) is 18.2 Å². The maximum atomic E-state index is 6.01. The Labute approximate surface area is 118 Å². The number of morpholine rings is 1. The summed E-state index contributed by atoms with van der Waals surface area (Å²) in [7, 11) is 1.66. The van der Waals surface area contributed by atoms with Crippen LogP contribution in [0, 0.1) is 0 Å². The number of nitrogens with zero attached hydrogens (tertiary/aromatic N) is 1. The Morgan fingerprint density at radius 2 is 2.17 bits per heavy atom. The summed E-state index contributed by atoms with van der Waals surface area (Å²) in [6, 6.07) is 5.61. The molecule has 1 fully saturated rings. The smallest absolute Gasteiger partial charge is 0.122 e. The molecule has 1 heterocycles. The van der Waals surface area contributed by atoms with E-state index in [0.29, 0.717) is 11.4 Å². The van der Waals surface area contributed by atoms with Crippen molar-refractivity contribution in [1.29, 1.82) is 0 Å². The molecule has 0 saturated carbocycles. The van der Waals surface area contributed by atoms with Crippen molar-refractivity contribution >= 4 is 28.8 Å². The molecule has 1 aliphatic heterocycles. The molecule has 0 amide bonds. The predicted molar refractivity (Wildman–Crippen MR) is 76.7 cm³/mol. The number of hydrogen-bond donors (Lipinski definition) is 0. The molecule has 0 unspecified atom stereocenters. The molecule has 0 spiro atoms. The Morgan fingerprint density at radius 1 is 1.44 bits per heavy atom. The maximum absolute atomic E-state index is 6.01. The van der Waals surface area contributed by atoms with Gasteiger partial charge in [0.15, 0.2) is 0 Å². The Bertz CT molecular complexity index is 433. The summed E-state index contributed by atoms with van der Waals surface area (Å²) < 4.78 is 10.6. The first-order chi connectivity index (χ1) is 8.70. The topological polar surface area (TPSA) is 21.7 Å². The van der Waals surface area contributed by atoms with Gasteiger partial charge in [-0.05, 0) is 18.2 Å². The number of methoxy groups -OCH3 is 1. The molecule has 98 valence electrons. The van der Waals surface area contributed by atoms with E-state index in [-0.39, 0.29) is 0 Å². The minimum absolute atomic E-state index is 0.680. The fraction of sp³-hybridized carbons (Fsp3) is 0.462. The van der Waals surface area contributed by atoms with Crippen molar-refractivity contribution in [2.45, 2.75) is 6.42 Å². The second kappa shape index (κ2) is 6.36. The van der Waals surface area contributed by atoms with Gasteiger partial charge in [0.05, 0.1) is 25.3 Å². The van der Waals surface area contributed by atoms with E-state index in [1.165, 1.54) is 0 Å². The molecule has 3 nitrogen and oxygen atoms in total. The van der Waals surface area contributed by atoms with Crippen LogP contribution < -0.4 is 4.74 Å². The minimum Gasteiger partial charge on any atom is -0.496 e. The third-order valence-corrected chi connectivity index (χ3v) is 3.59. The number of ether oxygens (including phenoxy) is 2. The standard InChI is InChI=1S/C13H16ClNO2S/c1-16-12-3-2-11(14)8-10(12)9-13(18)15-4-6-17-7-5-15/h2-3,8H,4-7,9H2,1H3. The summed E-state index contributed by atoms with van der Waals surface area (Å²) in [5.74, 6) is 0.829. The number of rotatable bonds is 3. The molecule has 0 bridgehead atoms. The highest BCUT2D eigenvalue weighted by atomic mass is 35.5. The van der Waals surface area contributed by atoms with Gasteiger partial charge in [0.1, 0.15) is 5.75 Å². The molecule has 1 aliphatic rings. The van der Waals surface area contributed by atoms with E-state index < -0.39 is 0 Å². The lowest BCUT2D eigenvalue weighted by molar-refractivity contribution is 0.0684. The zero-order chi connectivity index (χ0) is 13.0. The van der Waals surface area contributed by atoms with Crippen molar-refractivity contribution in [2.24, 2.45) is 0 Å². The van der Waals surface area contributed by atoms with Crippen LogP contribution in [0.3, 0.4) is 0 Å². The first kappa shape index (κ1) is 13.6. The van der Waals surface area contributed by atoms with E-state index in [2.05, 4.69) is 4.90 Å². The van der Waals surface area contributed by atoms with Crippen molar-refractivity contribution in [3.05, 3.63) is 28.8 Å². The third kappa shape index (κ3) is 3.34. The number of hydrogen-bond acceptors (Lipinski definition) is 3. The van der Waals surface area contributed by atoms with Gasteiger partial charge >= 0.3 is 0 Å². The zero-order valence-electron chi connectivity index (χ0n) is 10.3. The second-order valence-electron chi connectivity index (χ2n) is 4.13. The fourth-order valence-electron chi connectivity index (χ4n) is 1.97. The van der Waals surface area contributed by atoms with Gasteiger partial charge < -0.3 is 14.4 Å². The Kier molecular flexibility index (Phi) is 4.80. The quantitative estimate of drug-likeness (QED) is 0.796. The molecular formula is C13H16ClNO2S. The molecule has 1 aromatic rings. The Morgan fingerprint density at radius 3 is 2.83 bits per heavy atom. The molecule has 2 rings (SSSR count). The van der Waals surface area contributed by atoms with Gasteiger partial charge in [-0.2, -0.15) is 0 Å². The third-order valence-electron chi connectivity index (χ3n) is 2.95. The minimum atomic E-state index is 0.680. The molecule has 0 N–H and O–H groups in total. The average molecular weight is 286 g/mol. The molecule has 0 aliphatic carbocycles. The van der Waals surface area contributed by atoms with Gasteiger partial charge in [0.25, 0.3) is 0 Å². The van der Waals surface area contributed by atoms with Crippen LogP contribution >= 0.6 is 23.8 Å². The number of halogens is 1. The highest BCUT2D eigenvalue weighted by Gasteiger charge is 2.15. The Balaban J connectivity index is 2.07. The molecule has 18 heavy (non-hydrogen) atoms. The van der Waals surface area contributed by atoms with Gasteiger partial charge in [-0.15, -0.1) is 0 Å². The lowest BCUT2D eigenvalue weighted by atomic mass is 10.1. The summed E-state index contributed by atoms with van der Waals surface area (Å²) >= 11 is 11.5. The normalized spacial score (nSPS) is 15.6. The molecular weight excluding hydrogens is 270 g/mol. The largest absolute Gasteiger partial charge is 0.496 e. The molecule has 1 aromatic carbocycles. The van der Waals surface area contributed by atoms with Crippen LogP contribution in [0.1, 0.15) is 5.56 Å². The fourth-order valence-corrected chi connectivity index (χ4v) is 2.51. The maximum Gasteiger partial charge on any atom is 0.122 e. The first-order valence-corrected chi connectivity index (χ1v) is 6.67. The van der Waals surface area contributed by atoms with Crippen LogP contribution in [0.5, 0.6) is 5.75 Å². The van der Waals surface area contributed by atoms with Crippen molar-refractivity contribution < 1.29 is 9.47 Å². The first-order valence-electron chi connectivity index (χ1n) is 5.88. The molecule has 0 aromatic heterocycles. The molecule has 5 heteroatoms. The highest BCUT2D eigenvalue weighted by Crippen LogP contribution is 2.24. The van der Waals surface area contributed by atoms with Crippen molar-refractivity contribution in [1.82, 2.24) is 4.90 Å². The monoisotopic (exact) mass is 285 g/mol. The molecule has 0 atom stereocenters. The van der Waals surface area contributed by atoms with Crippen molar-refractivity contribution in [3.8, 4) is 5.75 Å².